The van der Waals surface area contributed by atoms with Gasteiger partial charge < -0.3 is 37.6 Å². The summed E-state index contributed by atoms with van der Waals surface area (Å²) in [6.07, 6.45) is 43.4. The molecule has 2 rings (SSSR count). The zero-order valence-electron chi connectivity index (χ0n) is 57.5. The number of hydrogen-bond donors (Lipinski definition) is 1. The predicted octanol–water partition coefficient (Wildman–Crippen LogP) is 21.9. The molecule has 0 bridgehead atoms. The number of nitriles is 2. The maximum Gasteiger partial charge on any atom is 0.192 e. The first-order valence-electron chi connectivity index (χ1n) is 34.1. The molecule has 0 heterocycles. The van der Waals surface area contributed by atoms with E-state index < -0.39 is 22.7 Å². The Labute approximate surface area is 535 Å². The van der Waals surface area contributed by atoms with Crippen LogP contribution in [-0.4, -0.2) is 87.8 Å². The minimum absolute atomic E-state index is 0.137. The lowest BCUT2D eigenvalue weighted by Gasteiger charge is -2.37. The molecule has 0 aromatic heterocycles. The lowest BCUT2D eigenvalue weighted by molar-refractivity contribution is -0.0477. The third-order valence-corrected chi connectivity index (χ3v) is 26.8. The van der Waals surface area contributed by atoms with Gasteiger partial charge in [-0.05, 0) is 84.5 Å². The van der Waals surface area contributed by atoms with E-state index in [-0.39, 0.29) is 16.2 Å². The van der Waals surface area contributed by atoms with Crippen molar-refractivity contribution in [2.24, 2.45) is 0 Å². The average Bonchev–Trinajstić information content (AvgIpc) is 3.67. The Morgan fingerprint density at radius 2 is 0.776 bits per heavy atom. The fourth-order valence-corrected chi connectivity index (χ4v) is 11.6. The molecule has 0 amide bonds. The van der Waals surface area contributed by atoms with Crippen LogP contribution < -0.4 is 9.47 Å². The SMILES string of the molecule is CCCCCCCCCCCCCCCCCCOC[C@@H](O)CO[Si](C)(C)C(C)(C)C.CCCCCCCCCCCCCCCCCCOC[C@H](CO[Si](C)(C)C(C)(C)C)OCc1ccc(C#N)c(OC)c1.COc1cc(CBr)ccc1C#N. The Morgan fingerprint density at radius 1 is 0.459 bits per heavy atom. The number of aliphatic hydroxyl groups is 1. The van der Waals surface area contributed by atoms with Gasteiger partial charge in [-0.2, -0.15) is 10.5 Å². The van der Waals surface area contributed by atoms with Crippen LogP contribution in [0.5, 0.6) is 11.5 Å². The van der Waals surface area contributed by atoms with Crippen molar-refractivity contribution >= 4 is 32.6 Å². The van der Waals surface area contributed by atoms with Crippen molar-refractivity contribution in [3.05, 3.63) is 58.7 Å². The van der Waals surface area contributed by atoms with Gasteiger partial charge in [-0.25, -0.2) is 0 Å². The van der Waals surface area contributed by atoms with Gasteiger partial charge in [-0.15, -0.1) is 0 Å². The molecule has 0 saturated heterocycles. The summed E-state index contributed by atoms with van der Waals surface area (Å²) in [5, 5.41) is 29.1. The molecule has 2 aromatic rings. The quantitative estimate of drug-likeness (QED) is 0.0388. The van der Waals surface area contributed by atoms with Crippen LogP contribution in [0, 0.1) is 22.7 Å². The molecule has 85 heavy (non-hydrogen) atoms. The largest absolute Gasteiger partial charge is 0.495 e. The summed E-state index contributed by atoms with van der Waals surface area (Å²) in [6, 6.07) is 15.3. The molecule has 2 aromatic carbocycles. The van der Waals surface area contributed by atoms with Crippen molar-refractivity contribution in [1.29, 1.82) is 10.5 Å². The van der Waals surface area contributed by atoms with Crippen molar-refractivity contribution in [3.63, 3.8) is 0 Å². The van der Waals surface area contributed by atoms with Crippen LogP contribution in [0.2, 0.25) is 36.3 Å². The molecule has 0 fully saturated rings. The second-order valence-corrected chi connectivity index (χ2v) is 37.1. The van der Waals surface area contributed by atoms with Crippen molar-refractivity contribution in [3.8, 4) is 23.6 Å². The van der Waals surface area contributed by atoms with Crippen molar-refractivity contribution in [2.45, 2.75) is 321 Å². The van der Waals surface area contributed by atoms with Crippen LogP contribution in [0.25, 0.3) is 0 Å². The van der Waals surface area contributed by atoms with E-state index in [0.29, 0.717) is 55.7 Å². The Kier molecular flexibility index (Phi) is 51.0. The Hall–Kier alpha value is -2.31. The van der Waals surface area contributed by atoms with Gasteiger partial charge in [-0.1, -0.05) is 276 Å². The van der Waals surface area contributed by atoms with Crippen molar-refractivity contribution < 1.29 is 37.6 Å². The van der Waals surface area contributed by atoms with Crippen LogP contribution >= 0.6 is 15.9 Å². The Morgan fingerprint density at radius 3 is 1.11 bits per heavy atom. The molecule has 0 aliphatic carbocycles. The maximum atomic E-state index is 10.1. The summed E-state index contributed by atoms with van der Waals surface area (Å²) in [5.74, 6) is 1.21. The third kappa shape index (κ3) is 43.9. The highest BCUT2D eigenvalue weighted by atomic mass is 79.9. The second-order valence-electron chi connectivity index (χ2n) is 26.9. The number of unbranched alkanes of at least 4 members (excludes halogenated alkanes) is 30. The van der Waals surface area contributed by atoms with Crippen LogP contribution in [0.4, 0.5) is 0 Å². The van der Waals surface area contributed by atoms with E-state index in [1.165, 1.54) is 193 Å². The Balaban J connectivity index is 0.00000143. The monoisotopic (exact) mass is 1290 g/mol. The summed E-state index contributed by atoms with van der Waals surface area (Å²) >= 11 is 3.33. The van der Waals surface area contributed by atoms with E-state index in [1.54, 1.807) is 26.4 Å². The number of nitrogens with zero attached hydrogens (tertiary/aromatic N) is 2. The molecule has 0 aliphatic rings. The van der Waals surface area contributed by atoms with Crippen molar-refractivity contribution in [1.82, 2.24) is 0 Å². The molecule has 1 N–H and O–H groups in total. The number of benzene rings is 2. The molecule has 0 saturated carbocycles. The topological polar surface area (TPSA) is 132 Å². The minimum Gasteiger partial charge on any atom is -0.495 e. The Bertz CT molecular complexity index is 1960. The normalized spacial score (nSPS) is 12.6. The van der Waals surface area contributed by atoms with Gasteiger partial charge in [0.2, 0.25) is 0 Å². The molecule has 492 valence electrons. The first-order chi connectivity index (χ1) is 40.7. The van der Waals surface area contributed by atoms with Gasteiger partial charge in [0.25, 0.3) is 0 Å². The minimum atomic E-state index is -1.89. The van der Waals surface area contributed by atoms with Gasteiger partial charge in [-0.3, -0.25) is 0 Å². The zero-order valence-corrected chi connectivity index (χ0v) is 61.1. The van der Waals surface area contributed by atoms with E-state index >= 15 is 0 Å². The number of aliphatic hydroxyl groups excluding tert-OH is 1. The van der Waals surface area contributed by atoms with Gasteiger partial charge in [0.05, 0.1) is 64.5 Å². The number of hydrogen-bond acceptors (Lipinski definition) is 10. The van der Waals surface area contributed by atoms with Gasteiger partial charge in [0.15, 0.2) is 16.6 Å². The summed E-state index contributed by atoms with van der Waals surface area (Å²) in [4.78, 5) is 0. The molecule has 0 spiro atoms. The average molecular weight is 1290 g/mol. The summed E-state index contributed by atoms with van der Waals surface area (Å²) < 4.78 is 40.9. The van der Waals surface area contributed by atoms with Gasteiger partial charge in [0, 0.05) is 18.5 Å². The third-order valence-electron chi connectivity index (χ3n) is 17.2. The van der Waals surface area contributed by atoms with Crippen LogP contribution in [0.3, 0.4) is 0 Å². The predicted molar refractivity (Wildman–Crippen MR) is 370 cm³/mol. The summed E-state index contributed by atoms with van der Waals surface area (Å²) in [5.41, 5.74) is 3.18. The standard InChI is InChI=1S/C36H65NO4Si.C27H58O3Si.C9H8BrNO/c1-8-9-10-11-12-13-14-15-16-17-18-19-20-21-22-23-26-39-30-34(31-41-42(6,7)36(2,3)4)40-29-32-24-25-33(28-37)35(27-32)38-5;1-7-8-9-10-11-12-13-14-15-16-17-18-19-20-21-22-23-29-24-26(28)25-30-31(5,6)27(2,3)4;1-12-9-4-7(5-10)2-3-8(9)6-11/h24-25,27,34H,8-23,26,29-31H2,1-7H3;26,28H,7-25H2,1-6H3;2-4H,5H2,1H3/t34-;26-;/m11./s1. The van der Waals surface area contributed by atoms with Crippen molar-refractivity contribution in [2.75, 3.05) is 53.9 Å². The van der Waals surface area contributed by atoms with Gasteiger partial charge in [0.1, 0.15) is 29.7 Å². The molecule has 0 radical (unpaired) electrons. The molecule has 0 unspecified atom stereocenters. The van der Waals surface area contributed by atoms with Gasteiger partial charge >= 0.3 is 0 Å². The molecule has 2 atom stereocenters. The lowest BCUT2D eigenvalue weighted by Crippen LogP contribution is -2.43. The summed E-state index contributed by atoms with van der Waals surface area (Å²) in [7, 11) is -0.516. The molecule has 10 nitrogen and oxygen atoms in total. The number of alkyl halides is 1. The maximum absolute atomic E-state index is 10.1. The molecular weight excluding hydrogens is 1160 g/mol. The van der Waals surface area contributed by atoms with E-state index in [0.717, 1.165) is 42.5 Å². The number of methoxy groups -OCH3 is 2. The highest BCUT2D eigenvalue weighted by molar-refractivity contribution is 9.08. The number of halogens is 1. The smallest absolute Gasteiger partial charge is 0.192 e. The fraction of sp³-hybridized carbons (Fsp3) is 0.806. The summed E-state index contributed by atoms with van der Waals surface area (Å²) in [6.45, 7) is 30.8. The highest BCUT2D eigenvalue weighted by Gasteiger charge is 2.38. The molecular formula is C72H131BrN2O8Si2. The molecule has 13 heteroatoms. The van der Waals surface area contributed by atoms with Crippen LogP contribution in [0.1, 0.15) is 283 Å². The van der Waals surface area contributed by atoms with E-state index in [9.17, 15) is 10.4 Å². The van der Waals surface area contributed by atoms with E-state index in [4.69, 9.17) is 37.8 Å². The number of ether oxygens (including phenoxy) is 5. The van der Waals surface area contributed by atoms with Crippen LogP contribution in [-0.2, 0) is 35.0 Å². The van der Waals surface area contributed by atoms with Crippen LogP contribution in [0.15, 0.2) is 36.4 Å². The number of rotatable bonds is 50. The highest BCUT2D eigenvalue weighted by Crippen LogP contribution is 2.38. The lowest BCUT2D eigenvalue weighted by atomic mass is 10.0. The fourth-order valence-electron chi connectivity index (χ4n) is 9.21. The molecule has 0 aliphatic heterocycles. The van der Waals surface area contributed by atoms with E-state index in [2.05, 4.69) is 110 Å². The first kappa shape index (κ1) is 82.7. The zero-order chi connectivity index (χ0) is 63.5. The van der Waals surface area contributed by atoms with E-state index in [1.807, 2.05) is 24.3 Å². The second kappa shape index (κ2) is 52.5. The first-order valence-corrected chi connectivity index (χ1v) is 41.0.